The number of aromatic nitrogens is 1. The number of aryl methyl sites for hydroxylation is 1. The molecule has 100 valence electrons. The van der Waals surface area contributed by atoms with Gasteiger partial charge in [-0.2, -0.15) is 0 Å². The van der Waals surface area contributed by atoms with Crippen molar-refractivity contribution in [1.29, 1.82) is 0 Å². The summed E-state index contributed by atoms with van der Waals surface area (Å²) in [6, 6.07) is 2.23. The van der Waals surface area contributed by atoms with E-state index in [-0.39, 0.29) is 5.91 Å². The Kier molecular flexibility index (Phi) is 4.45. The number of likely N-dealkylation sites (N-methyl/N-ethyl adjacent to an activating group) is 1. The summed E-state index contributed by atoms with van der Waals surface area (Å²) in [6.07, 6.45) is 4.05. The van der Waals surface area contributed by atoms with Gasteiger partial charge in [0.1, 0.15) is 5.69 Å². The van der Waals surface area contributed by atoms with Crippen molar-refractivity contribution in [1.82, 2.24) is 14.8 Å². The van der Waals surface area contributed by atoms with Crippen molar-refractivity contribution >= 4 is 21.8 Å². The van der Waals surface area contributed by atoms with Crippen LogP contribution >= 0.6 is 15.9 Å². The molecule has 1 saturated heterocycles. The van der Waals surface area contributed by atoms with Crippen LogP contribution in [0, 0.1) is 0 Å². The molecule has 18 heavy (non-hydrogen) atoms. The number of halogens is 1. The minimum atomic E-state index is 0.114. The lowest BCUT2D eigenvalue weighted by Gasteiger charge is -2.24. The zero-order chi connectivity index (χ0) is 13.1. The van der Waals surface area contributed by atoms with E-state index in [1.807, 2.05) is 28.8 Å². The molecule has 1 aliphatic rings. The second-order valence-corrected chi connectivity index (χ2v) is 5.72. The van der Waals surface area contributed by atoms with Crippen LogP contribution in [0.25, 0.3) is 0 Å². The van der Waals surface area contributed by atoms with Crippen molar-refractivity contribution in [2.75, 3.05) is 20.1 Å². The predicted molar refractivity (Wildman–Crippen MR) is 75.8 cm³/mol. The van der Waals surface area contributed by atoms with E-state index in [0.29, 0.717) is 6.04 Å². The van der Waals surface area contributed by atoms with Crippen LogP contribution in [0.3, 0.4) is 0 Å². The fourth-order valence-electron chi connectivity index (χ4n) is 2.40. The third-order valence-electron chi connectivity index (χ3n) is 3.45. The predicted octanol–water partition coefficient (Wildman–Crippen LogP) is 2.09. The zero-order valence-electron chi connectivity index (χ0n) is 10.9. The van der Waals surface area contributed by atoms with E-state index in [2.05, 4.69) is 28.2 Å². The first-order valence-electron chi connectivity index (χ1n) is 6.47. The maximum atomic E-state index is 12.5. The van der Waals surface area contributed by atoms with Gasteiger partial charge in [0.15, 0.2) is 0 Å². The van der Waals surface area contributed by atoms with Crippen LogP contribution in [0.4, 0.5) is 0 Å². The van der Waals surface area contributed by atoms with Gasteiger partial charge in [-0.25, -0.2) is 0 Å². The summed E-state index contributed by atoms with van der Waals surface area (Å²) in [5.74, 6) is 0.114. The lowest BCUT2D eigenvalue weighted by molar-refractivity contribution is 0.0732. The second-order valence-electron chi connectivity index (χ2n) is 4.80. The molecule has 1 atom stereocenters. The molecule has 2 rings (SSSR count). The number of amides is 1. The molecule has 0 aromatic carbocycles. The van der Waals surface area contributed by atoms with E-state index in [9.17, 15) is 4.79 Å². The molecule has 4 nitrogen and oxygen atoms in total. The Morgan fingerprint density at radius 2 is 2.44 bits per heavy atom. The summed E-state index contributed by atoms with van der Waals surface area (Å²) in [6.45, 7) is 4.90. The molecule has 2 heterocycles. The number of carbonyl (C=O) groups is 1. The lowest BCUT2D eigenvalue weighted by atomic mass is 10.2. The number of nitrogens with one attached hydrogen (secondary N) is 1. The fourth-order valence-corrected chi connectivity index (χ4v) is 2.86. The maximum Gasteiger partial charge on any atom is 0.270 e. The van der Waals surface area contributed by atoms with E-state index in [1.54, 1.807) is 0 Å². The van der Waals surface area contributed by atoms with Crippen LogP contribution in [0.15, 0.2) is 16.7 Å². The first kappa shape index (κ1) is 13.6. The topological polar surface area (TPSA) is 37.3 Å². The molecule has 0 bridgehead atoms. The van der Waals surface area contributed by atoms with Gasteiger partial charge in [-0.3, -0.25) is 4.79 Å². The average molecular weight is 314 g/mol. The minimum Gasteiger partial charge on any atom is -0.342 e. The van der Waals surface area contributed by atoms with Gasteiger partial charge < -0.3 is 14.8 Å². The molecule has 0 saturated carbocycles. The molecule has 0 radical (unpaired) electrons. The summed E-state index contributed by atoms with van der Waals surface area (Å²) in [7, 11) is 1.90. The van der Waals surface area contributed by atoms with E-state index < -0.39 is 0 Å². The Bertz CT molecular complexity index is 424. The third-order valence-corrected chi connectivity index (χ3v) is 3.88. The highest BCUT2D eigenvalue weighted by molar-refractivity contribution is 9.10. The largest absolute Gasteiger partial charge is 0.342 e. The van der Waals surface area contributed by atoms with Crippen LogP contribution in [0.1, 0.15) is 30.3 Å². The number of nitrogens with zero attached hydrogens (tertiary/aromatic N) is 2. The Morgan fingerprint density at radius 3 is 3.06 bits per heavy atom. The number of hydrogen-bond donors (Lipinski definition) is 1. The third kappa shape index (κ3) is 2.78. The van der Waals surface area contributed by atoms with Crippen molar-refractivity contribution in [2.24, 2.45) is 0 Å². The highest BCUT2D eigenvalue weighted by Gasteiger charge is 2.25. The van der Waals surface area contributed by atoms with E-state index >= 15 is 0 Å². The van der Waals surface area contributed by atoms with Crippen molar-refractivity contribution in [3.63, 3.8) is 0 Å². The Balaban J connectivity index is 2.16. The Hall–Kier alpha value is -0.810. The molecule has 1 N–H and O–H groups in total. The molecule has 1 aromatic heterocycles. The number of rotatable bonds is 4. The average Bonchev–Trinajstić information content (AvgIpc) is 2.97. The molecule has 1 aliphatic heterocycles. The molecular weight excluding hydrogens is 294 g/mol. The summed E-state index contributed by atoms with van der Waals surface area (Å²) >= 11 is 3.45. The standard InChI is InChI=1S/C13H20BrN3O/c1-3-6-17-9-10(14)7-12(17)13(18)16(2)11-4-5-15-8-11/h7,9,11,15H,3-6,8H2,1-2H3. The highest BCUT2D eigenvalue weighted by Crippen LogP contribution is 2.18. The molecular formula is C13H20BrN3O. The SMILES string of the molecule is CCCn1cc(Br)cc1C(=O)N(C)C1CCNC1. The smallest absolute Gasteiger partial charge is 0.270 e. The van der Waals surface area contributed by atoms with Gasteiger partial charge in [-0.05, 0) is 41.4 Å². The fraction of sp³-hybridized carbons (Fsp3) is 0.615. The van der Waals surface area contributed by atoms with Crippen LogP contribution in [-0.2, 0) is 6.54 Å². The van der Waals surface area contributed by atoms with E-state index in [1.165, 1.54) is 0 Å². The number of carbonyl (C=O) groups excluding carboxylic acids is 1. The Morgan fingerprint density at radius 1 is 1.67 bits per heavy atom. The van der Waals surface area contributed by atoms with Crippen molar-refractivity contribution in [2.45, 2.75) is 32.4 Å². The van der Waals surface area contributed by atoms with Crippen molar-refractivity contribution in [3.05, 3.63) is 22.4 Å². The van der Waals surface area contributed by atoms with Crippen LogP contribution < -0.4 is 5.32 Å². The summed E-state index contributed by atoms with van der Waals surface area (Å²) in [5, 5.41) is 3.29. The highest BCUT2D eigenvalue weighted by atomic mass is 79.9. The maximum absolute atomic E-state index is 12.5. The second kappa shape index (κ2) is 5.89. The van der Waals surface area contributed by atoms with E-state index in [4.69, 9.17) is 0 Å². The minimum absolute atomic E-state index is 0.114. The van der Waals surface area contributed by atoms with Gasteiger partial charge in [0, 0.05) is 36.8 Å². The van der Waals surface area contributed by atoms with Crippen molar-refractivity contribution in [3.8, 4) is 0 Å². The molecule has 1 fully saturated rings. The summed E-state index contributed by atoms with van der Waals surface area (Å²) in [5.41, 5.74) is 0.776. The van der Waals surface area contributed by atoms with Crippen molar-refractivity contribution < 1.29 is 4.79 Å². The quantitative estimate of drug-likeness (QED) is 0.924. The van der Waals surface area contributed by atoms with Crippen LogP contribution in [0.5, 0.6) is 0 Å². The lowest BCUT2D eigenvalue weighted by Crippen LogP contribution is -2.39. The number of hydrogen-bond acceptors (Lipinski definition) is 2. The monoisotopic (exact) mass is 313 g/mol. The first-order valence-corrected chi connectivity index (χ1v) is 7.26. The van der Waals surface area contributed by atoms with Gasteiger partial charge >= 0.3 is 0 Å². The zero-order valence-corrected chi connectivity index (χ0v) is 12.5. The van der Waals surface area contributed by atoms with Gasteiger partial charge in [0.05, 0.1) is 0 Å². The Labute approximate surface area is 116 Å². The first-order chi connectivity index (χ1) is 8.63. The van der Waals surface area contributed by atoms with Gasteiger partial charge in [-0.1, -0.05) is 6.92 Å². The van der Waals surface area contributed by atoms with Gasteiger partial charge in [0.2, 0.25) is 0 Å². The van der Waals surface area contributed by atoms with Crippen LogP contribution in [-0.4, -0.2) is 41.6 Å². The normalized spacial score (nSPS) is 19.2. The molecule has 0 spiro atoms. The summed E-state index contributed by atoms with van der Waals surface area (Å²) < 4.78 is 3.00. The molecule has 1 unspecified atom stereocenters. The summed E-state index contributed by atoms with van der Waals surface area (Å²) in [4.78, 5) is 14.4. The van der Waals surface area contributed by atoms with Gasteiger partial charge in [-0.15, -0.1) is 0 Å². The molecule has 0 aliphatic carbocycles. The molecule has 1 aromatic rings. The molecule has 1 amide bonds. The van der Waals surface area contributed by atoms with Crippen LogP contribution in [0.2, 0.25) is 0 Å². The molecule has 5 heteroatoms. The van der Waals surface area contributed by atoms with Gasteiger partial charge in [0.25, 0.3) is 5.91 Å². The van der Waals surface area contributed by atoms with E-state index in [0.717, 1.165) is 42.6 Å².